The smallest absolute Gasteiger partial charge is 0.130 e. The summed E-state index contributed by atoms with van der Waals surface area (Å²) in [6.07, 6.45) is 0.205. The Kier molecular flexibility index (Phi) is 3.06. The molecule has 3 atom stereocenters. The molecule has 1 fully saturated rings. The molecule has 12 heavy (non-hydrogen) atoms. The third-order valence-corrected chi connectivity index (χ3v) is 2.33. The Labute approximate surface area is 72.6 Å². The van der Waals surface area contributed by atoms with E-state index in [9.17, 15) is 5.11 Å². The van der Waals surface area contributed by atoms with E-state index in [1.54, 1.807) is 7.11 Å². The molecule has 3 N–H and O–H groups in total. The second-order valence-corrected chi connectivity index (χ2v) is 3.38. The van der Waals surface area contributed by atoms with E-state index < -0.39 is 11.7 Å². The van der Waals surface area contributed by atoms with Crippen LogP contribution in [0.2, 0.25) is 0 Å². The van der Waals surface area contributed by atoms with Gasteiger partial charge in [-0.3, -0.25) is 0 Å². The van der Waals surface area contributed by atoms with Gasteiger partial charge in [-0.2, -0.15) is 0 Å². The standard InChI is InChI=1S/C8H17NO3/c1-6-3-7(10)8(4-9,12-6)5-11-2/h6-7,10H,3-5,9H2,1-2H3/t6-,7?,8+/m0/s1. The largest absolute Gasteiger partial charge is 0.390 e. The Morgan fingerprint density at radius 2 is 2.42 bits per heavy atom. The van der Waals surface area contributed by atoms with Gasteiger partial charge in [-0.05, 0) is 6.92 Å². The summed E-state index contributed by atoms with van der Waals surface area (Å²) in [4.78, 5) is 0. The van der Waals surface area contributed by atoms with E-state index in [0.717, 1.165) is 0 Å². The Balaban J connectivity index is 2.65. The predicted octanol–water partition coefficient (Wildman–Crippen LogP) is -0.500. The van der Waals surface area contributed by atoms with Gasteiger partial charge in [0.2, 0.25) is 0 Å². The Morgan fingerprint density at radius 3 is 2.75 bits per heavy atom. The van der Waals surface area contributed by atoms with Gasteiger partial charge in [0, 0.05) is 20.1 Å². The highest BCUT2D eigenvalue weighted by Gasteiger charge is 2.45. The fraction of sp³-hybridized carbons (Fsp3) is 1.00. The summed E-state index contributed by atoms with van der Waals surface area (Å²) in [5, 5.41) is 9.66. The van der Waals surface area contributed by atoms with E-state index in [-0.39, 0.29) is 6.10 Å². The molecule has 1 heterocycles. The second kappa shape index (κ2) is 3.70. The van der Waals surface area contributed by atoms with E-state index >= 15 is 0 Å². The van der Waals surface area contributed by atoms with Crippen LogP contribution in [0.5, 0.6) is 0 Å². The van der Waals surface area contributed by atoms with Gasteiger partial charge < -0.3 is 20.3 Å². The molecule has 4 nitrogen and oxygen atoms in total. The number of methoxy groups -OCH3 is 1. The van der Waals surface area contributed by atoms with Crippen LogP contribution in [0.25, 0.3) is 0 Å². The first-order valence-corrected chi connectivity index (χ1v) is 4.19. The van der Waals surface area contributed by atoms with Gasteiger partial charge in [0.25, 0.3) is 0 Å². The molecule has 72 valence electrons. The number of nitrogens with two attached hydrogens (primary N) is 1. The summed E-state index contributed by atoms with van der Waals surface area (Å²) in [7, 11) is 1.58. The molecule has 0 amide bonds. The third kappa shape index (κ3) is 1.61. The number of rotatable bonds is 3. The molecule has 0 bridgehead atoms. The first kappa shape index (κ1) is 9.92. The van der Waals surface area contributed by atoms with Crippen molar-refractivity contribution in [2.75, 3.05) is 20.3 Å². The molecule has 0 aromatic heterocycles. The zero-order chi connectivity index (χ0) is 9.19. The lowest BCUT2D eigenvalue weighted by molar-refractivity contribution is -0.109. The lowest BCUT2D eigenvalue weighted by atomic mass is 9.97. The maximum atomic E-state index is 9.66. The average molecular weight is 175 g/mol. The zero-order valence-electron chi connectivity index (χ0n) is 7.62. The van der Waals surface area contributed by atoms with Crippen molar-refractivity contribution in [3.05, 3.63) is 0 Å². The van der Waals surface area contributed by atoms with Crippen LogP contribution in [0.15, 0.2) is 0 Å². The number of aliphatic hydroxyl groups excluding tert-OH is 1. The quantitative estimate of drug-likeness (QED) is 0.607. The van der Waals surface area contributed by atoms with Crippen LogP contribution in [0.4, 0.5) is 0 Å². The van der Waals surface area contributed by atoms with Crippen LogP contribution in [0.1, 0.15) is 13.3 Å². The minimum atomic E-state index is -0.672. The van der Waals surface area contributed by atoms with Crippen molar-refractivity contribution < 1.29 is 14.6 Å². The maximum Gasteiger partial charge on any atom is 0.130 e. The van der Waals surface area contributed by atoms with Crippen molar-refractivity contribution in [2.24, 2.45) is 5.73 Å². The average Bonchev–Trinajstić information content (AvgIpc) is 2.28. The Bertz CT molecular complexity index is 153. The van der Waals surface area contributed by atoms with Gasteiger partial charge >= 0.3 is 0 Å². The van der Waals surface area contributed by atoms with Crippen LogP contribution in [-0.2, 0) is 9.47 Å². The highest BCUT2D eigenvalue weighted by molar-refractivity contribution is 4.96. The topological polar surface area (TPSA) is 64.7 Å². The fourth-order valence-electron chi connectivity index (χ4n) is 1.67. The molecule has 0 saturated carbocycles. The van der Waals surface area contributed by atoms with Crippen LogP contribution in [0.3, 0.4) is 0 Å². The zero-order valence-corrected chi connectivity index (χ0v) is 7.62. The van der Waals surface area contributed by atoms with Gasteiger partial charge in [0.15, 0.2) is 0 Å². The van der Waals surface area contributed by atoms with Crippen LogP contribution in [-0.4, -0.2) is 43.2 Å². The summed E-state index contributed by atoms with van der Waals surface area (Å²) < 4.78 is 10.5. The molecule has 0 aromatic carbocycles. The number of ether oxygens (including phenoxy) is 2. The van der Waals surface area contributed by atoms with E-state index in [4.69, 9.17) is 15.2 Å². The lowest BCUT2D eigenvalue weighted by Crippen LogP contribution is -2.50. The molecular weight excluding hydrogens is 158 g/mol. The molecule has 0 spiro atoms. The molecule has 1 rings (SSSR count). The summed E-state index contributed by atoms with van der Waals surface area (Å²) in [5.74, 6) is 0. The summed E-state index contributed by atoms with van der Waals surface area (Å²) in [5.41, 5.74) is 4.87. The van der Waals surface area contributed by atoms with E-state index in [1.807, 2.05) is 6.92 Å². The van der Waals surface area contributed by atoms with Crippen molar-refractivity contribution in [1.29, 1.82) is 0 Å². The van der Waals surface area contributed by atoms with Crippen molar-refractivity contribution in [3.63, 3.8) is 0 Å². The van der Waals surface area contributed by atoms with Crippen molar-refractivity contribution >= 4 is 0 Å². The van der Waals surface area contributed by atoms with Crippen LogP contribution in [0, 0.1) is 0 Å². The van der Waals surface area contributed by atoms with Gasteiger partial charge in [0.1, 0.15) is 5.60 Å². The number of hydrogen-bond donors (Lipinski definition) is 2. The fourth-order valence-corrected chi connectivity index (χ4v) is 1.67. The second-order valence-electron chi connectivity index (χ2n) is 3.38. The van der Waals surface area contributed by atoms with E-state index in [2.05, 4.69) is 0 Å². The predicted molar refractivity (Wildman–Crippen MR) is 44.8 cm³/mol. The van der Waals surface area contributed by atoms with Crippen molar-refractivity contribution in [1.82, 2.24) is 0 Å². The normalized spacial score (nSPS) is 42.0. The molecule has 1 unspecified atom stereocenters. The molecule has 0 aliphatic carbocycles. The van der Waals surface area contributed by atoms with Crippen LogP contribution >= 0.6 is 0 Å². The molecule has 0 radical (unpaired) electrons. The monoisotopic (exact) mass is 175 g/mol. The van der Waals surface area contributed by atoms with Gasteiger partial charge in [0.05, 0.1) is 18.8 Å². The molecular formula is C8H17NO3. The minimum absolute atomic E-state index is 0.0682. The lowest BCUT2D eigenvalue weighted by Gasteiger charge is -2.29. The third-order valence-electron chi connectivity index (χ3n) is 2.33. The van der Waals surface area contributed by atoms with E-state index in [0.29, 0.717) is 19.6 Å². The van der Waals surface area contributed by atoms with Gasteiger partial charge in [-0.15, -0.1) is 0 Å². The first-order chi connectivity index (χ1) is 5.64. The Hall–Kier alpha value is -0.160. The van der Waals surface area contributed by atoms with Crippen LogP contribution < -0.4 is 5.73 Å². The molecule has 0 aromatic rings. The number of hydrogen-bond acceptors (Lipinski definition) is 4. The summed E-state index contributed by atoms with van der Waals surface area (Å²) in [6.45, 7) is 2.58. The molecule has 1 aliphatic heterocycles. The maximum absolute atomic E-state index is 9.66. The first-order valence-electron chi connectivity index (χ1n) is 4.19. The molecule has 1 saturated heterocycles. The highest BCUT2D eigenvalue weighted by atomic mass is 16.6. The molecule has 1 aliphatic rings. The van der Waals surface area contributed by atoms with E-state index in [1.165, 1.54) is 0 Å². The Morgan fingerprint density at radius 1 is 1.75 bits per heavy atom. The van der Waals surface area contributed by atoms with Crippen molar-refractivity contribution in [2.45, 2.75) is 31.2 Å². The molecule has 4 heteroatoms. The minimum Gasteiger partial charge on any atom is -0.390 e. The summed E-state index contributed by atoms with van der Waals surface area (Å²) >= 11 is 0. The van der Waals surface area contributed by atoms with Crippen molar-refractivity contribution in [3.8, 4) is 0 Å². The van der Waals surface area contributed by atoms with Gasteiger partial charge in [-0.1, -0.05) is 0 Å². The summed E-state index contributed by atoms with van der Waals surface area (Å²) in [6, 6.07) is 0. The SMILES string of the molecule is COC[C@@]1(CN)O[C@@H](C)CC1O. The number of aliphatic hydroxyl groups is 1. The van der Waals surface area contributed by atoms with Gasteiger partial charge in [-0.25, -0.2) is 0 Å². The highest BCUT2D eigenvalue weighted by Crippen LogP contribution is 2.30.